The van der Waals surface area contributed by atoms with E-state index in [9.17, 15) is 0 Å². The van der Waals surface area contributed by atoms with Crippen molar-refractivity contribution in [2.75, 3.05) is 78.7 Å². The minimum absolute atomic E-state index is 0.625. The first-order valence-electron chi connectivity index (χ1n) is 7.73. The molecule has 0 spiro atoms. The summed E-state index contributed by atoms with van der Waals surface area (Å²) in [6, 6.07) is 0. The second-order valence-corrected chi connectivity index (χ2v) is 5.94. The Kier molecular flexibility index (Phi) is 6.53. The highest BCUT2D eigenvalue weighted by Gasteiger charge is 2.19. The van der Waals surface area contributed by atoms with Gasteiger partial charge in [-0.1, -0.05) is 6.92 Å². The maximum absolute atomic E-state index is 5.69. The zero-order valence-electron chi connectivity index (χ0n) is 12.4. The maximum Gasteiger partial charge on any atom is 0.0594 e. The Hall–Kier alpha value is -0.200. The molecule has 5 heteroatoms. The number of nitrogens with two attached hydrogens (primary N) is 1. The molecule has 2 N–H and O–H groups in total. The molecule has 1 atom stereocenters. The van der Waals surface area contributed by atoms with E-state index in [0.717, 1.165) is 39.4 Å². The van der Waals surface area contributed by atoms with E-state index in [1.165, 1.54) is 39.3 Å². The van der Waals surface area contributed by atoms with Crippen molar-refractivity contribution in [3.63, 3.8) is 0 Å². The second-order valence-electron chi connectivity index (χ2n) is 5.94. The molecular formula is C14H30N4O. The zero-order chi connectivity index (χ0) is 13.5. The molecule has 0 aliphatic carbocycles. The van der Waals surface area contributed by atoms with Crippen molar-refractivity contribution in [3.05, 3.63) is 0 Å². The van der Waals surface area contributed by atoms with E-state index in [1.807, 2.05) is 0 Å². The summed E-state index contributed by atoms with van der Waals surface area (Å²) in [5.41, 5.74) is 5.69. The number of ether oxygens (including phenoxy) is 1. The van der Waals surface area contributed by atoms with Crippen LogP contribution in [0.15, 0.2) is 0 Å². The van der Waals surface area contributed by atoms with Crippen LogP contribution in [-0.4, -0.2) is 93.4 Å². The molecule has 19 heavy (non-hydrogen) atoms. The van der Waals surface area contributed by atoms with E-state index in [1.54, 1.807) is 0 Å². The van der Waals surface area contributed by atoms with Crippen molar-refractivity contribution in [3.8, 4) is 0 Å². The van der Waals surface area contributed by atoms with Gasteiger partial charge in [-0.15, -0.1) is 0 Å². The quantitative estimate of drug-likeness (QED) is 0.707. The van der Waals surface area contributed by atoms with Gasteiger partial charge in [0.1, 0.15) is 0 Å². The molecule has 5 nitrogen and oxygen atoms in total. The van der Waals surface area contributed by atoms with Gasteiger partial charge in [-0.25, -0.2) is 0 Å². The molecule has 2 heterocycles. The van der Waals surface area contributed by atoms with Crippen LogP contribution in [0.1, 0.15) is 6.92 Å². The van der Waals surface area contributed by atoms with E-state index < -0.39 is 0 Å². The van der Waals surface area contributed by atoms with Crippen molar-refractivity contribution in [1.29, 1.82) is 0 Å². The Labute approximate surface area is 117 Å². The first-order chi connectivity index (χ1) is 9.28. The summed E-state index contributed by atoms with van der Waals surface area (Å²) < 4.78 is 5.38. The van der Waals surface area contributed by atoms with E-state index in [4.69, 9.17) is 10.5 Å². The van der Waals surface area contributed by atoms with E-state index in [2.05, 4.69) is 21.6 Å². The smallest absolute Gasteiger partial charge is 0.0594 e. The van der Waals surface area contributed by atoms with Crippen LogP contribution < -0.4 is 5.73 Å². The lowest BCUT2D eigenvalue weighted by atomic mass is 10.1. The molecule has 112 valence electrons. The minimum atomic E-state index is 0.625. The highest BCUT2D eigenvalue weighted by Crippen LogP contribution is 2.05. The minimum Gasteiger partial charge on any atom is -0.379 e. The van der Waals surface area contributed by atoms with Crippen LogP contribution in [0.25, 0.3) is 0 Å². The summed E-state index contributed by atoms with van der Waals surface area (Å²) in [4.78, 5) is 7.67. The molecule has 2 saturated heterocycles. The Morgan fingerprint density at radius 2 is 1.42 bits per heavy atom. The van der Waals surface area contributed by atoms with Gasteiger partial charge in [0.2, 0.25) is 0 Å². The Morgan fingerprint density at radius 3 is 2.00 bits per heavy atom. The lowest BCUT2D eigenvalue weighted by Crippen LogP contribution is -2.50. The van der Waals surface area contributed by atoms with Gasteiger partial charge in [-0.2, -0.15) is 0 Å². The van der Waals surface area contributed by atoms with Gasteiger partial charge >= 0.3 is 0 Å². The zero-order valence-corrected chi connectivity index (χ0v) is 12.4. The van der Waals surface area contributed by atoms with E-state index in [0.29, 0.717) is 5.92 Å². The third-order valence-electron chi connectivity index (χ3n) is 4.27. The highest BCUT2D eigenvalue weighted by molar-refractivity contribution is 4.75. The fourth-order valence-electron chi connectivity index (χ4n) is 2.82. The summed E-state index contributed by atoms with van der Waals surface area (Å²) in [5.74, 6) is 0.625. The molecule has 0 aromatic heterocycles. The van der Waals surface area contributed by atoms with E-state index >= 15 is 0 Å². The predicted octanol–water partition coefficient (Wildman–Crippen LogP) is -0.469. The Balaban J connectivity index is 1.58. The van der Waals surface area contributed by atoms with Crippen LogP contribution in [0.2, 0.25) is 0 Å². The number of morpholine rings is 1. The summed E-state index contributed by atoms with van der Waals surface area (Å²) in [6.07, 6.45) is 0. The van der Waals surface area contributed by atoms with Gasteiger partial charge < -0.3 is 15.4 Å². The van der Waals surface area contributed by atoms with Crippen LogP contribution >= 0.6 is 0 Å². The molecule has 2 rings (SSSR count). The van der Waals surface area contributed by atoms with Crippen LogP contribution in [0.4, 0.5) is 0 Å². The summed E-state index contributed by atoms with van der Waals surface area (Å²) in [6.45, 7) is 15.5. The first kappa shape index (κ1) is 15.2. The topological polar surface area (TPSA) is 45.0 Å². The van der Waals surface area contributed by atoms with Crippen LogP contribution in [-0.2, 0) is 4.74 Å². The van der Waals surface area contributed by atoms with Crippen molar-refractivity contribution >= 4 is 0 Å². The third kappa shape index (κ3) is 5.36. The second kappa shape index (κ2) is 8.17. The predicted molar refractivity (Wildman–Crippen MR) is 78.4 cm³/mol. The molecule has 0 radical (unpaired) electrons. The molecule has 1 unspecified atom stereocenters. The summed E-state index contributed by atoms with van der Waals surface area (Å²) in [7, 11) is 0. The molecule has 2 aliphatic rings. The highest BCUT2D eigenvalue weighted by atomic mass is 16.5. The lowest BCUT2D eigenvalue weighted by Gasteiger charge is -2.37. The van der Waals surface area contributed by atoms with E-state index in [-0.39, 0.29) is 0 Å². The van der Waals surface area contributed by atoms with Crippen LogP contribution in [0.3, 0.4) is 0 Å². The van der Waals surface area contributed by atoms with Gasteiger partial charge in [0.05, 0.1) is 13.2 Å². The first-order valence-corrected chi connectivity index (χ1v) is 7.73. The largest absolute Gasteiger partial charge is 0.379 e. The van der Waals surface area contributed by atoms with Crippen LogP contribution in [0.5, 0.6) is 0 Å². The average Bonchev–Trinajstić information content (AvgIpc) is 2.47. The Morgan fingerprint density at radius 1 is 0.895 bits per heavy atom. The molecule has 0 aromatic rings. The van der Waals surface area contributed by atoms with Crippen LogP contribution in [0, 0.1) is 5.92 Å². The standard InChI is InChI=1S/C14H30N4O/c1-14(12-15)13-18-6-4-16(5-7-18)2-3-17-8-10-19-11-9-17/h14H,2-13,15H2,1H3. The van der Waals surface area contributed by atoms with Gasteiger partial charge in [0.25, 0.3) is 0 Å². The number of rotatable bonds is 6. The normalized spacial score (nSPS) is 25.6. The van der Waals surface area contributed by atoms with Crippen molar-refractivity contribution < 1.29 is 4.74 Å². The Bertz CT molecular complexity index is 238. The van der Waals surface area contributed by atoms with Gasteiger partial charge in [0, 0.05) is 58.9 Å². The molecule has 0 aromatic carbocycles. The lowest BCUT2D eigenvalue weighted by molar-refractivity contribution is 0.0295. The third-order valence-corrected chi connectivity index (χ3v) is 4.27. The van der Waals surface area contributed by atoms with Crippen molar-refractivity contribution in [1.82, 2.24) is 14.7 Å². The molecular weight excluding hydrogens is 240 g/mol. The van der Waals surface area contributed by atoms with Gasteiger partial charge in [-0.3, -0.25) is 9.80 Å². The molecule has 2 fully saturated rings. The number of nitrogens with zero attached hydrogens (tertiary/aromatic N) is 3. The molecule has 0 amide bonds. The molecule has 0 bridgehead atoms. The maximum atomic E-state index is 5.69. The van der Waals surface area contributed by atoms with Gasteiger partial charge in [-0.05, 0) is 12.5 Å². The van der Waals surface area contributed by atoms with Crippen molar-refractivity contribution in [2.45, 2.75) is 6.92 Å². The summed E-state index contributed by atoms with van der Waals surface area (Å²) >= 11 is 0. The average molecular weight is 270 g/mol. The number of hydrogen-bond acceptors (Lipinski definition) is 5. The fraction of sp³-hybridized carbons (Fsp3) is 1.00. The van der Waals surface area contributed by atoms with Gasteiger partial charge in [0.15, 0.2) is 0 Å². The van der Waals surface area contributed by atoms with Crippen molar-refractivity contribution in [2.24, 2.45) is 11.7 Å². The fourth-order valence-corrected chi connectivity index (χ4v) is 2.82. The number of hydrogen-bond donors (Lipinski definition) is 1. The molecule has 0 saturated carbocycles. The monoisotopic (exact) mass is 270 g/mol. The SMILES string of the molecule is CC(CN)CN1CCN(CCN2CCOCC2)CC1. The number of piperazine rings is 1. The molecule has 2 aliphatic heterocycles. The summed E-state index contributed by atoms with van der Waals surface area (Å²) in [5, 5.41) is 0.